The van der Waals surface area contributed by atoms with E-state index >= 15 is 0 Å². The molecule has 0 unspecified atom stereocenters. The lowest BCUT2D eigenvalue weighted by atomic mass is 10.4. The fourth-order valence-electron chi connectivity index (χ4n) is 0.516. The Bertz CT molecular complexity index is 186. The molecule has 0 spiro atoms. The van der Waals surface area contributed by atoms with E-state index in [-0.39, 0.29) is 0 Å². The molecular weight excluding hydrogens is 116 g/mol. The van der Waals surface area contributed by atoms with Crippen LogP contribution in [0, 0.1) is 0 Å². The largest absolute Gasteiger partial charge is 0.327 e. The third-order valence-corrected chi connectivity index (χ3v) is 0.887. The minimum Gasteiger partial charge on any atom is -0.327 e. The Labute approximate surface area is 52.7 Å². The van der Waals surface area contributed by atoms with Gasteiger partial charge in [0.15, 0.2) is 0 Å². The quantitative estimate of drug-likeness (QED) is 0.585. The predicted molar refractivity (Wildman–Crippen MR) is 33.9 cm³/mol. The van der Waals surface area contributed by atoms with Crippen LogP contribution in [-0.2, 0) is 4.79 Å². The summed E-state index contributed by atoms with van der Waals surface area (Å²) < 4.78 is 0. The summed E-state index contributed by atoms with van der Waals surface area (Å²) in [5.74, 6) is 0. The third kappa shape index (κ3) is 1.53. The van der Waals surface area contributed by atoms with E-state index in [2.05, 4.69) is 10.3 Å². The summed E-state index contributed by atoms with van der Waals surface area (Å²) in [4.78, 5) is 13.6. The molecule has 0 aromatic carbocycles. The van der Waals surface area contributed by atoms with Gasteiger partial charge in [-0.2, -0.15) is 0 Å². The molecule has 0 saturated heterocycles. The maximum atomic E-state index is 9.84. The van der Waals surface area contributed by atoms with Gasteiger partial charge in [0.1, 0.15) is 0 Å². The highest BCUT2D eigenvalue weighted by atomic mass is 16.1. The lowest BCUT2D eigenvalue weighted by Gasteiger charge is -1.92. The van der Waals surface area contributed by atoms with Crippen molar-refractivity contribution in [2.45, 2.75) is 0 Å². The molecule has 0 aliphatic carbocycles. The summed E-state index contributed by atoms with van der Waals surface area (Å²) in [7, 11) is 0. The second-order valence-electron chi connectivity index (χ2n) is 1.50. The van der Waals surface area contributed by atoms with Crippen LogP contribution in [0.25, 0.3) is 0 Å². The number of rotatable bonds is 2. The van der Waals surface area contributed by atoms with E-state index in [0.717, 1.165) is 0 Å². The van der Waals surface area contributed by atoms with Crippen molar-refractivity contribution in [3.8, 4) is 0 Å². The summed E-state index contributed by atoms with van der Waals surface area (Å²) in [6.45, 7) is 0. The van der Waals surface area contributed by atoms with E-state index in [4.69, 9.17) is 0 Å². The summed E-state index contributed by atoms with van der Waals surface area (Å²) in [6, 6.07) is 3.52. The normalized spacial score (nSPS) is 8.44. The number of anilines is 1. The van der Waals surface area contributed by atoms with Crippen LogP contribution in [0.5, 0.6) is 0 Å². The molecular formula is C6H6N2O. The molecule has 0 fully saturated rings. The Morgan fingerprint density at radius 2 is 2.56 bits per heavy atom. The van der Waals surface area contributed by atoms with Gasteiger partial charge in [0, 0.05) is 6.20 Å². The van der Waals surface area contributed by atoms with Gasteiger partial charge in [-0.1, -0.05) is 0 Å². The second-order valence-corrected chi connectivity index (χ2v) is 1.50. The van der Waals surface area contributed by atoms with Crippen molar-refractivity contribution in [2.75, 3.05) is 5.32 Å². The van der Waals surface area contributed by atoms with Crippen LogP contribution in [-0.4, -0.2) is 11.4 Å². The van der Waals surface area contributed by atoms with Crippen LogP contribution in [0.4, 0.5) is 5.69 Å². The van der Waals surface area contributed by atoms with Crippen molar-refractivity contribution in [1.82, 2.24) is 4.98 Å². The van der Waals surface area contributed by atoms with E-state index in [1.807, 2.05) is 0 Å². The van der Waals surface area contributed by atoms with E-state index in [9.17, 15) is 4.79 Å². The standard InChI is InChI=1S/C6H6N2O/c9-5-8-6-2-1-3-7-4-6/h1-5H,(H,8,9). The molecule has 1 aromatic heterocycles. The minimum atomic E-state index is 0.622. The van der Waals surface area contributed by atoms with Crippen molar-refractivity contribution in [1.29, 1.82) is 0 Å². The summed E-state index contributed by atoms with van der Waals surface area (Å²) >= 11 is 0. The number of carbonyl (C=O) groups excluding carboxylic acids is 1. The molecule has 0 aliphatic rings. The highest BCUT2D eigenvalue weighted by molar-refractivity contribution is 5.70. The monoisotopic (exact) mass is 122 g/mol. The fourth-order valence-corrected chi connectivity index (χ4v) is 0.516. The van der Waals surface area contributed by atoms with Gasteiger partial charge in [-0.3, -0.25) is 9.78 Å². The highest BCUT2D eigenvalue weighted by Crippen LogP contribution is 1.98. The number of carbonyl (C=O) groups is 1. The second kappa shape index (κ2) is 2.81. The van der Waals surface area contributed by atoms with Crippen molar-refractivity contribution in [2.24, 2.45) is 0 Å². The fraction of sp³-hybridized carbons (Fsp3) is 0. The Hall–Kier alpha value is -1.38. The molecule has 1 rings (SSSR count). The van der Waals surface area contributed by atoms with Crippen molar-refractivity contribution in [3.05, 3.63) is 24.5 Å². The van der Waals surface area contributed by atoms with E-state index in [1.54, 1.807) is 24.5 Å². The van der Waals surface area contributed by atoms with E-state index in [1.165, 1.54) is 0 Å². The number of amides is 1. The number of nitrogens with one attached hydrogen (secondary N) is 1. The molecule has 1 amide bonds. The number of aromatic nitrogens is 1. The van der Waals surface area contributed by atoms with Crippen molar-refractivity contribution in [3.63, 3.8) is 0 Å². The van der Waals surface area contributed by atoms with Gasteiger partial charge in [-0.15, -0.1) is 0 Å². The minimum absolute atomic E-state index is 0.622. The molecule has 0 radical (unpaired) electrons. The molecule has 1 aromatic rings. The maximum Gasteiger partial charge on any atom is 0.211 e. The Balaban J connectivity index is 2.72. The lowest BCUT2D eigenvalue weighted by molar-refractivity contribution is -0.105. The molecule has 1 heterocycles. The van der Waals surface area contributed by atoms with Crippen LogP contribution in [0.15, 0.2) is 24.5 Å². The molecule has 0 atom stereocenters. The van der Waals surface area contributed by atoms with E-state index in [0.29, 0.717) is 12.1 Å². The van der Waals surface area contributed by atoms with Crippen LogP contribution in [0.3, 0.4) is 0 Å². The highest BCUT2D eigenvalue weighted by Gasteiger charge is 1.82. The molecule has 3 heteroatoms. The van der Waals surface area contributed by atoms with Crippen molar-refractivity contribution < 1.29 is 4.79 Å². The smallest absolute Gasteiger partial charge is 0.211 e. The molecule has 9 heavy (non-hydrogen) atoms. The van der Waals surface area contributed by atoms with Gasteiger partial charge in [-0.05, 0) is 12.1 Å². The third-order valence-electron chi connectivity index (χ3n) is 0.887. The average molecular weight is 122 g/mol. The topological polar surface area (TPSA) is 42.0 Å². The summed E-state index contributed by atoms with van der Waals surface area (Å²) in [6.07, 6.45) is 3.85. The molecule has 0 bridgehead atoms. The number of pyridine rings is 1. The molecule has 0 aliphatic heterocycles. The van der Waals surface area contributed by atoms with Gasteiger partial charge >= 0.3 is 0 Å². The Morgan fingerprint density at radius 1 is 1.67 bits per heavy atom. The van der Waals surface area contributed by atoms with Gasteiger partial charge in [0.05, 0.1) is 11.9 Å². The number of hydrogen-bond acceptors (Lipinski definition) is 2. The number of nitrogens with zero attached hydrogens (tertiary/aromatic N) is 1. The Kier molecular flexibility index (Phi) is 1.80. The first kappa shape index (κ1) is 5.75. The average Bonchev–Trinajstić information content (AvgIpc) is 1.91. The zero-order valence-electron chi connectivity index (χ0n) is 4.74. The van der Waals surface area contributed by atoms with Gasteiger partial charge in [-0.25, -0.2) is 0 Å². The van der Waals surface area contributed by atoms with Gasteiger partial charge < -0.3 is 5.32 Å². The zero-order chi connectivity index (χ0) is 6.53. The van der Waals surface area contributed by atoms with Crippen LogP contribution >= 0.6 is 0 Å². The van der Waals surface area contributed by atoms with Crippen LogP contribution in [0.2, 0.25) is 0 Å². The maximum absolute atomic E-state index is 9.84. The van der Waals surface area contributed by atoms with E-state index < -0.39 is 0 Å². The predicted octanol–water partition coefficient (Wildman–Crippen LogP) is 0.650. The zero-order valence-corrected chi connectivity index (χ0v) is 4.74. The van der Waals surface area contributed by atoms with Gasteiger partial charge in [0.25, 0.3) is 0 Å². The first-order valence-electron chi connectivity index (χ1n) is 2.53. The molecule has 0 saturated carbocycles. The SMILES string of the molecule is O=CNc1cccnc1. The summed E-state index contributed by atoms with van der Waals surface area (Å²) in [5.41, 5.74) is 0.715. The first-order chi connectivity index (χ1) is 4.43. The van der Waals surface area contributed by atoms with Crippen molar-refractivity contribution >= 4 is 12.1 Å². The van der Waals surface area contributed by atoms with Crippen LogP contribution in [0.1, 0.15) is 0 Å². The van der Waals surface area contributed by atoms with Gasteiger partial charge in [0.2, 0.25) is 6.41 Å². The lowest BCUT2D eigenvalue weighted by Crippen LogP contribution is -1.92. The number of hydrogen-bond donors (Lipinski definition) is 1. The molecule has 46 valence electrons. The summed E-state index contributed by atoms with van der Waals surface area (Å²) in [5, 5.41) is 2.46. The Morgan fingerprint density at radius 3 is 3.11 bits per heavy atom. The molecule has 1 N–H and O–H groups in total. The van der Waals surface area contributed by atoms with Crippen LogP contribution < -0.4 is 5.32 Å². The molecule has 3 nitrogen and oxygen atoms in total. The first-order valence-corrected chi connectivity index (χ1v) is 2.53.